The second-order valence-corrected chi connectivity index (χ2v) is 8.50. The van der Waals surface area contributed by atoms with Gasteiger partial charge in [-0.2, -0.15) is 10.2 Å². The smallest absolute Gasteiger partial charge is 0.176 e. The lowest BCUT2D eigenvalue weighted by molar-refractivity contribution is 0.122. The molecule has 5 aromatic rings. The Morgan fingerprint density at radius 2 is 1.86 bits per heavy atom. The fourth-order valence-corrected chi connectivity index (χ4v) is 4.35. The van der Waals surface area contributed by atoms with Crippen molar-refractivity contribution in [3.8, 4) is 28.4 Å². The molecule has 1 aliphatic heterocycles. The monoisotopic (exact) mass is 470 g/mol. The molecule has 0 saturated carbocycles. The van der Waals surface area contributed by atoms with Crippen LogP contribution in [-0.4, -0.2) is 62.6 Å². The van der Waals surface area contributed by atoms with Crippen LogP contribution in [0.15, 0.2) is 71.5 Å². The summed E-state index contributed by atoms with van der Waals surface area (Å²) in [5, 5.41) is 18.3. The van der Waals surface area contributed by atoms with Gasteiger partial charge in [0.1, 0.15) is 11.3 Å². The van der Waals surface area contributed by atoms with Crippen LogP contribution in [0.1, 0.15) is 6.42 Å². The van der Waals surface area contributed by atoms with E-state index in [2.05, 4.69) is 10.00 Å². The van der Waals surface area contributed by atoms with E-state index < -0.39 is 0 Å². The van der Waals surface area contributed by atoms with Crippen molar-refractivity contribution in [3.63, 3.8) is 0 Å². The number of aryl methyl sites for hydroxylation is 1. The molecule has 1 fully saturated rings. The Morgan fingerprint density at radius 3 is 2.69 bits per heavy atom. The topological polar surface area (TPSA) is 94.4 Å². The van der Waals surface area contributed by atoms with Gasteiger partial charge in [0, 0.05) is 56.3 Å². The first-order valence-electron chi connectivity index (χ1n) is 11.8. The first-order chi connectivity index (χ1) is 17.3. The van der Waals surface area contributed by atoms with E-state index in [-0.39, 0.29) is 6.61 Å². The van der Waals surface area contributed by atoms with Gasteiger partial charge in [0.15, 0.2) is 11.4 Å². The quantitative estimate of drug-likeness (QED) is 0.387. The number of rotatable bonds is 7. The Bertz CT molecular complexity index is 1430. The third-order valence-electron chi connectivity index (χ3n) is 6.15. The molecule has 1 saturated heterocycles. The number of benzene rings is 1. The Labute approximate surface area is 202 Å². The number of ether oxygens (including phenoxy) is 1. The predicted octanol–water partition coefficient (Wildman–Crippen LogP) is 3.76. The standard InChI is InChI=1S/C26H26N6O3/c33-12-4-8-31-18-20(17-27-31)24-15-22-26(35-24)23(30-10-13-34-14-11-30)16-25(28-22)32-9-7-21(29-32)19-5-2-1-3-6-19/h1-3,5-7,9,15-18,33H,4,8,10-14H2. The third-order valence-corrected chi connectivity index (χ3v) is 6.15. The number of aromatic nitrogens is 5. The Hall–Kier alpha value is -3.95. The summed E-state index contributed by atoms with van der Waals surface area (Å²) in [6.45, 7) is 3.69. The zero-order chi connectivity index (χ0) is 23.6. The highest BCUT2D eigenvalue weighted by Gasteiger charge is 2.21. The highest BCUT2D eigenvalue weighted by molar-refractivity contribution is 5.91. The highest BCUT2D eigenvalue weighted by Crippen LogP contribution is 2.35. The van der Waals surface area contributed by atoms with Crippen molar-refractivity contribution < 1.29 is 14.3 Å². The van der Waals surface area contributed by atoms with Crippen molar-refractivity contribution in [2.24, 2.45) is 0 Å². The molecule has 1 N–H and O–H groups in total. The number of pyridine rings is 1. The van der Waals surface area contributed by atoms with Crippen molar-refractivity contribution in [3.05, 3.63) is 67.1 Å². The zero-order valence-corrected chi connectivity index (χ0v) is 19.2. The molecule has 4 aromatic heterocycles. The van der Waals surface area contributed by atoms with Gasteiger partial charge in [-0.3, -0.25) is 4.68 Å². The SMILES string of the molecule is OCCCn1cc(-c2cc3nc(-n4ccc(-c5ccccc5)n4)cc(N4CCOCC4)c3o2)cn1. The number of aliphatic hydroxyl groups excluding tert-OH is 1. The van der Waals surface area contributed by atoms with Gasteiger partial charge in [-0.05, 0) is 12.5 Å². The highest BCUT2D eigenvalue weighted by atomic mass is 16.5. The van der Waals surface area contributed by atoms with Gasteiger partial charge in [0.05, 0.1) is 36.4 Å². The minimum atomic E-state index is 0.134. The summed E-state index contributed by atoms with van der Waals surface area (Å²) in [6.07, 6.45) is 6.31. The van der Waals surface area contributed by atoms with E-state index in [1.165, 1.54) is 0 Å². The zero-order valence-electron chi connectivity index (χ0n) is 19.2. The van der Waals surface area contributed by atoms with E-state index in [9.17, 15) is 0 Å². The Morgan fingerprint density at radius 1 is 1.00 bits per heavy atom. The molecule has 1 aromatic carbocycles. The fraction of sp³-hybridized carbons (Fsp3) is 0.269. The maximum atomic E-state index is 9.10. The van der Waals surface area contributed by atoms with Gasteiger partial charge in [0.25, 0.3) is 0 Å². The van der Waals surface area contributed by atoms with E-state index in [1.807, 2.05) is 70.3 Å². The Kier molecular flexibility index (Phi) is 5.77. The summed E-state index contributed by atoms with van der Waals surface area (Å²) in [4.78, 5) is 7.17. The second kappa shape index (κ2) is 9.36. The van der Waals surface area contributed by atoms with Crippen LogP contribution < -0.4 is 4.90 Å². The van der Waals surface area contributed by atoms with Gasteiger partial charge in [-0.1, -0.05) is 30.3 Å². The van der Waals surface area contributed by atoms with E-state index in [0.29, 0.717) is 31.9 Å². The van der Waals surface area contributed by atoms with Gasteiger partial charge in [-0.25, -0.2) is 9.67 Å². The van der Waals surface area contributed by atoms with Crippen LogP contribution in [0.4, 0.5) is 5.69 Å². The summed E-state index contributed by atoms with van der Waals surface area (Å²) in [7, 11) is 0. The van der Waals surface area contributed by atoms with Crippen LogP contribution in [0.25, 0.3) is 39.5 Å². The van der Waals surface area contributed by atoms with Crippen LogP contribution >= 0.6 is 0 Å². The first kappa shape index (κ1) is 21.6. The molecule has 178 valence electrons. The van der Waals surface area contributed by atoms with Crippen LogP contribution in [-0.2, 0) is 11.3 Å². The predicted molar refractivity (Wildman–Crippen MR) is 133 cm³/mol. The Balaban J connectivity index is 1.42. The third kappa shape index (κ3) is 4.31. The minimum absolute atomic E-state index is 0.134. The number of anilines is 1. The molecule has 9 nitrogen and oxygen atoms in total. The maximum absolute atomic E-state index is 9.10. The minimum Gasteiger partial charge on any atom is -0.452 e. The van der Waals surface area contributed by atoms with E-state index >= 15 is 0 Å². The average Bonchev–Trinajstić information content (AvgIpc) is 3.67. The lowest BCUT2D eigenvalue weighted by Gasteiger charge is -2.28. The van der Waals surface area contributed by atoms with Crippen LogP contribution in [0.5, 0.6) is 0 Å². The molecule has 0 bridgehead atoms. The van der Waals surface area contributed by atoms with Crippen LogP contribution in [0.3, 0.4) is 0 Å². The number of fused-ring (bicyclic) bond motifs is 1. The normalized spacial score (nSPS) is 14.1. The van der Waals surface area contributed by atoms with Crippen LogP contribution in [0.2, 0.25) is 0 Å². The second-order valence-electron chi connectivity index (χ2n) is 8.50. The first-order valence-corrected chi connectivity index (χ1v) is 11.8. The van der Waals surface area contributed by atoms with Gasteiger partial charge >= 0.3 is 0 Å². The van der Waals surface area contributed by atoms with E-state index in [0.717, 1.165) is 52.5 Å². The molecule has 0 atom stereocenters. The fourth-order valence-electron chi connectivity index (χ4n) is 4.35. The lowest BCUT2D eigenvalue weighted by atomic mass is 10.2. The molecular formula is C26H26N6O3. The number of morpholine rings is 1. The summed E-state index contributed by atoms with van der Waals surface area (Å²) in [6, 6.07) is 16.1. The lowest BCUT2D eigenvalue weighted by Crippen LogP contribution is -2.36. The summed E-state index contributed by atoms with van der Waals surface area (Å²) >= 11 is 0. The number of hydrogen-bond donors (Lipinski definition) is 1. The van der Waals surface area contributed by atoms with Crippen molar-refractivity contribution >= 4 is 16.8 Å². The van der Waals surface area contributed by atoms with Crippen molar-refractivity contribution in [2.45, 2.75) is 13.0 Å². The molecule has 35 heavy (non-hydrogen) atoms. The van der Waals surface area contributed by atoms with Crippen molar-refractivity contribution in [1.29, 1.82) is 0 Å². The molecular weight excluding hydrogens is 444 g/mol. The number of furan rings is 1. The number of nitrogens with zero attached hydrogens (tertiary/aromatic N) is 6. The summed E-state index contributed by atoms with van der Waals surface area (Å²) in [5.74, 6) is 1.44. The average molecular weight is 471 g/mol. The van der Waals surface area contributed by atoms with Crippen molar-refractivity contribution in [2.75, 3.05) is 37.8 Å². The summed E-state index contributed by atoms with van der Waals surface area (Å²) in [5.41, 5.74) is 5.31. The molecule has 6 rings (SSSR count). The molecule has 0 unspecified atom stereocenters. The number of hydrogen-bond acceptors (Lipinski definition) is 7. The molecule has 0 spiro atoms. The molecule has 0 amide bonds. The van der Waals surface area contributed by atoms with Gasteiger partial charge in [0.2, 0.25) is 0 Å². The maximum Gasteiger partial charge on any atom is 0.176 e. The molecule has 1 aliphatic rings. The molecule has 0 aliphatic carbocycles. The molecule has 9 heteroatoms. The van der Waals surface area contributed by atoms with Crippen molar-refractivity contribution in [1.82, 2.24) is 24.5 Å². The van der Waals surface area contributed by atoms with Crippen LogP contribution in [0, 0.1) is 0 Å². The van der Waals surface area contributed by atoms with E-state index in [4.69, 9.17) is 24.3 Å². The molecule has 0 radical (unpaired) electrons. The van der Waals surface area contributed by atoms with E-state index in [1.54, 1.807) is 6.20 Å². The van der Waals surface area contributed by atoms with Gasteiger partial charge < -0.3 is 19.2 Å². The van der Waals surface area contributed by atoms with Gasteiger partial charge in [-0.15, -0.1) is 0 Å². The molecule has 5 heterocycles. The summed E-state index contributed by atoms with van der Waals surface area (Å²) < 4.78 is 15.5. The number of aliphatic hydroxyl groups is 1. The largest absolute Gasteiger partial charge is 0.452 e.